The zero-order valence-corrected chi connectivity index (χ0v) is 16.3. The summed E-state index contributed by atoms with van der Waals surface area (Å²) in [6, 6.07) is 10.2. The maximum Gasteiger partial charge on any atom is 0.319 e. The van der Waals surface area contributed by atoms with Crippen LogP contribution < -0.4 is 10.6 Å². The highest BCUT2D eigenvalue weighted by Gasteiger charge is 2.39. The minimum Gasteiger partial charge on any atom is -0.469 e. The van der Waals surface area contributed by atoms with Crippen molar-refractivity contribution in [3.8, 4) is 11.8 Å². The average Bonchev–Trinajstić information content (AvgIpc) is 3.17. The number of carbonyl (C=O) groups is 2. The lowest BCUT2D eigenvalue weighted by atomic mass is 9.94. The number of rotatable bonds is 4. The molecule has 0 aromatic heterocycles. The molecule has 0 aliphatic carbocycles. The standard InChI is InChI=1S/C22H20F2N2O4/c1-29-19(27)13-22(9-10-30-14-22)26-21(28)25-20-17(23)11-16(12-18(20)24)8-7-15-5-3-2-4-6-15/h2-6,11-12H,9-10,13-14H2,1H3,(H2,25,26,28)/t22-/m0/s1. The van der Waals surface area contributed by atoms with E-state index in [1.807, 2.05) is 6.07 Å². The molecule has 0 radical (unpaired) electrons. The van der Waals surface area contributed by atoms with Gasteiger partial charge in [0.15, 0.2) is 11.6 Å². The number of hydrogen-bond acceptors (Lipinski definition) is 4. The quantitative estimate of drug-likeness (QED) is 0.595. The molecule has 30 heavy (non-hydrogen) atoms. The van der Waals surface area contributed by atoms with Crippen LogP contribution in [0.2, 0.25) is 0 Å². The lowest BCUT2D eigenvalue weighted by molar-refractivity contribution is -0.142. The fraction of sp³-hybridized carbons (Fsp3) is 0.273. The Bertz CT molecular complexity index is 970. The van der Waals surface area contributed by atoms with Crippen LogP contribution in [0.1, 0.15) is 24.0 Å². The predicted molar refractivity (Wildman–Crippen MR) is 106 cm³/mol. The Kier molecular flexibility index (Phi) is 6.65. The van der Waals surface area contributed by atoms with Crippen molar-refractivity contribution in [2.75, 3.05) is 25.6 Å². The van der Waals surface area contributed by atoms with Crippen molar-refractivity contribution in [1.29, 1.82) is 0 Å². The number of halogens is 2. The number of carbonyl (C=O) groups excluding carboxylic acids is 2. The van der Waals surface area contributed by atoms with E-state index in [1.54, 1.807) is 24.3 Å². The number of amides is 2. The van der Waals surface area contributed by atoms with Crippen molar-refractivity contribution < 1.29 is 27.8 Å². The van der Waals surface area contributed by atoms with Gasteiger partial charge in [-0.2, -0.15) is 0 Å². The number of hydrogen-bond donors (Lipinski definition) is 2. The number of anilines is 1. The van der Waals surface area contributed by atoms with Crippen molar-refractivity contribution in [3.63, 3.8) is 0 Å². The predicted octanol–water partition coefficient (Wildman–Crippen LogP) is 3.21. The molecule has 3 rings (SSSR count). The highest BCUT2D eigenvalue weighted by atomic mass is 19.1. The van der Waals surface area contributed by atoms with Gasteiger partial charge in [-0.05, 0) is 30.7 Å². The number of urea groups is 1. The molecule has 8 heteroatoms. The molecule has 2 aromatic rings. The largest absolute Gasteiger partial charge is 0.469 e. The van der Waals surface area contributed by atoms with Crippen molar-refractivity contribution in [2.45, 2.75) is 18.4 Å². The fourth-order valence-corrected chi connectivity index (χ4v) is 3.05. The molecule has 1 saturated heterocycles. The summed E-state index contributed by atoms with van der Waals surface area (Å²) in [4.78, 5) is 24.0. The van der Waals surface area contributed by atoms with Crippen LogP contribution in [0.25, 0.3) is 0 Å². The number of methoxy groups -OCH3 is 1. The molecule has 1 atom stereocenters. The Hall–Kier alpha value is -3.44. The molecule has 0 bridgehead atoms. The molecule has 2 amide bonds. The zero-order valence-electron chi connectivity index (χ0n) is 16.3. The van der Waals surface area contributed by atoms with Gasteiger partial charge in [0, 0.05) is 17.7 Å². The summed E-state index contributed by atoms with van der Waals surface area (Å²) in [5, 5.41) is 4.75. The first-order valence-corrected chi connectivity index (χ1v) is 9.21. The normalized spacial score (nSPS) is 17.6. The Balaban J connectivity index is 1.72. The van der Waals surface area contributed by atoms with Gasteiger partial charge in [0.2, 0.25) is 0 Å². The van der Waals surface area contributed by atoms with E-state index < -0.39 is 34.9 Å². The van der Waals surface area contributed by atoms with Gasteiger partial charge in [0.25, 0.3) is 0 Å². The van der Waals surface area contributed by atoms with E-state index in [4.69, 9.17) is 4.74 Å². The van der Waals surface area contributed by atoms with Gasteiger partial charge in [-0.1, -0.05) is 30.0 Å². The Morgan fingerprint density at radius 3 is 2.40 bits per heavy atom. The summed E-state index contributed by atoms with van der Waals surface area (Å²) in [6.45, 7) is 0.434. The van der Waals surface area contributed by atoms with Gasteiger partial charge in [0.1, 0.15) is 5.69 Å². The number of nitrogens with one attached hydrogen (secondary N) is 2. The summed E-state index contributed by atoms with van der Waals surface area (Å²) in [7, 11) is 1.24. The molecule has 0 unspecified atom stereocenters. The summed E-state index contributed by atoms with van der Waals surface area (Å²) < 4.78 is 38.8. The molecule has 0 saturated carbocycles. The third-order valence-corrected chi connectivity index (χ3v) is 4.60. The molecule has 2 N–H and O–H groups in total. The van der Waals surface area contributed by atoms with Crippen LogP contribution in [0.3, 0.4) is 0 Å². The third kappa shape index (κ3) is 5.33. The summed E-state index contributed by atoms with van der Waals surface area (Å²) in [6.07, 6.45) is 0.254. The van der Waals surface area contributed by atoms with Crippen LogP contribution in [0.15, 0.2) is 42.5 Å². The van der Waals surface area contributed by atoms with Crippen LogP contribution in [0, 0.1) is 23.5 Å². The first-order valence-electron chi connectivity index (χ1n) is 9.21. The molecule has 156 valence electrons. The molecular formula is C22H20F2N2O4. The molecular weight excluding hydrogens is 394 g/mol. The van der Waals surface area contributed by atoms with Gasteiger partial charge < -0.3 is 20.1 Å². The smallest absolute Gasteiger partial charge is 0.319 e. The molecule has 2 aromatic carbocycles. The van der Waals surface area contributed by atoms with Crippen molar-refractivity contribution in [1.82, 2.24) is 5.32 Å². The first kappa shape index (κ1) is 21.3. The van der Waals surface area contributed by atoms with E-state index in [9.17, 15) is 18.4 Å². The van der Waals surface area contributed by atoms with E-state index >= 15 is 0 Å². The van der Waals surface area contributed by atoms with Gasteiger partial charge in [-0.15, -0.1) is 0 Å². The van der Waals surface area contributed by atoms with Crippen LogP contribution in [0.4, 0.5) is 19.3 Å². The summed E-state index contributed by atoms with van der Waals surface area (Å²) in [5.41, 5.74) is -0.767. The molecule has 6 nitrogen and oxygen atoms in total. The highest BCUT2D eigenvalue weighted by molar-refractivity contribution is 5.90. The van der Waals surface area contributed by atoms with Crippen molar-refractivity contribution in [3.05, 3.63) is 65.2 Å². The van der Waals surface area contributed by atoms with Crippen LogP contribution >= 0.6 is 0 Å². The molecule has 1 heterocycles. The second kappa shape index (κ2) is 9.37. The maximum atomic E-state index is 14.4. The van der Waals surface area contributed by atoms with Crippen molar-refractivity contribution >= 4 is 17.7 Å². The van der Waals surface area contributed by atoms with Gasteiger partial charge in [0.05, 0.1) is 25.7 Å². The van der Waals surface area contributed by atoms with E-state index in [1.165, 1.54) is 7.11 Å². The summed E-state index contributed by atoms with van der Waals surface area (Å²) in [5.74, 6) is 3.04. The minimum atomic E-state index is -0.995. The summed E-state index contributed by atoms with van der Waals surface area (Å²) >= 11 is 0. The third-order valence-electron chi connectivity index (χ3n) is 4.60. The Morgan fingerprint density at radius 2 is 1.80 bits per heavy atom. The van der Waals surface area contributed by atoms with Crippen molar-refractivity contribution in [2.24, 2.45) is 0 Å². The zero-order chi connectivity index (χ0) is 21.6. The highest BCUT2D eigenvalue weighted by Crippen LogP contribution is 2.25. The average molecular weight is 414 g/mol. The van der Waals surface area contributed by atoms with Gasteiger partial charge in [-0.25, -0.2) is 13.6 Å². The van der Waals surface area contributed by atoms with Crippen LogP contribution in [-0.2, 0) is 14.3 Å². The molecule has 1 aliphatic rings. The van der Waals surface area contributed by atoms with Gasteiger partial charge in [-0.3, -0.25) is 4.79 Å². The van der Waals surface area contributed by atoms with Crippen LogP contribution in [0.5, 0.6) is 0 Å². The van der Waals surface area contributed by atoms with E-state index in [2.05, 4.69) is 27.2 Å². The SMILES string of the molecule is COC(=O)C[C@@]1(NC(=O)Nc2c(F)cc(C#Cc3ccccc3)cc2F)CCOC1. The second-order valence-corrected chi connectivity index (χ2v) is 6.85. The topological polar surface area (TPSA) is 76.7 Å². The lowest BCUT2D eigenvalue weighted by Gasteiger charge is -2.27. The monoisotopic (exact) mass is 414 g/mol. The Labute approximate surface area is 172 Å². The number of ether oxygens (including phenoxy) is 2. The molecule has 1 fully saturated rings. The second-order valence-electron chi connectivity index (χ2n) is 6.85. The lowest BCUT2D eigenvalue weighted by Crippen LogP contribution is -2.52. The molecule has 1 aliphatic heterocycles. The minimum absolute atomic E-state index is 0.0918. The van der Waals surface area contributed by atoms with E-state index in [0.717, 1.165) is 12.1 Å². The fourth-order valence-electron chi connectivity index (χ4n) is 3.05. The number of benzene rings is 2. The Morgan fingerprint density at radius 1 is 1.13 bits per heavy atom. The maximum absolute atomic E-state index is 14.4. The van der Waals surface area contributed by atoms with E-state index in [0.29, 0.717) is 18.6 Å². The molecule has 0 spiro atoms. The first-order chi connectivity index (χ1) is 14.4. The van der Waals surface area contributed by atoms with Crippen LogP contribution in [-0.4, -0.2) is 37.9 Å². The van der Waals surface area contributed by atoms with Gasteiger partial charge >= 0.3 is 12.0 Å². The van der Waals surface area contributed by atoms with E-state index in [-0.39, 0.29) is 18.6 Å². The number of esters is 1.